The van der Waals surface area contributed by atoms with Gasteiger partial charge in [0.2, 0.25) is 17.6 Å². The molecular formula is C39H63N7O7S. The number of nitrogens with one attached hydrogen (secondary N) is 4. The molecule has 1 heterocycles. The number of rotatable bonds is 18. The van der Waals surface area contributed by atoms with E-state index < -0.39 is 69.3 Å². The summed E-state index contributed by atoms with van der Waals surface area (Å²) in [7, 11) is 0.563. The first-order valence-electron chi connectivity index (χ1n) is 19.1. The van der Waals surface area contributed by atoms with Crippen LogP contribution in [0.4, 0.5) is 4.79 Å². The number of fused-ring (bicyclic) bond motifs is 1. The number of carbonyl (C=O) groups is 5. The first-order chi connectivity index (χ1) is 25.2. The minimum Gasteiger partial charge on any atom is -0.346 e. The number of benzene rings is 1. The molecule has 1 aromatic rings. The molecule has 3 rings (SSSR count). The third-order valence-electron chi connectivity index (χ3n) is 10.7. The fourth-order valence-corrected chi connectivity index (χ4v) is 8.23. The van der Waals surface area contributed by atoms with Gasteiger partial charge in [-0.25, -0.2) is 4.79 Å². The SMILES string of the molecule is C=CCNC(=O)C(=O)C(CCCC)NC(=O)[C@@H]1[C@@H](C(C)C)CCN1C(=O)[C@@H](NC(=O)N[C@H](CN(C)S(=O)(=O)N(C)C)C(C)(C)C)C1Cc2ccccc2C1. The van der Waals surface area contributed by atoms with Crippen molar-refractivity contribution in [3.8, 4) is 0 Å². The molecule has 302 valence electrons. The zero-order valence-electron chi connectivity index (χ0n) is 33.6. The number of ketones is 1. The van der Waals surface area contributed by atoms with Gasteiger partial charge in [0.1, 0.15) is 12.1 Å². The van der Waals surface area contributed by atoms with Gasteiger partial charge in [0.25, 0.3) is 16.1 Å². The Morgan fingerprint density at radius 3 is 2.13 bits per heavy atom. The molecule has 0 saturated carbocycles. The van der Waals surface area contributed by atoms with Gasteiger partial charge < -0.3 is 26.2 Å². The highest BCUT2D eigenvalue weighted by molar-refractivity contribution is 7.86. The minimum absolute atomic E-state index is 0.00709. The van der Waals surface area contributed by atoms with E-state index in [1.54, 1.807) is 0 Å². The van der Waals surface area contributed by atoms with E-state index in [9.17, 15) is 32.4 Å². The van der Waals surface area contributed by atoms with Gasteiger partial charge in [-0.05, 0) is 60.0 Å². The summed E-state index contributed by atoms with van der Waals surface area (Å²) in [5.41, 5.74) is 1.59. The van der Waals surface area contributed by atoms with Crippen molar-refractivity contribution >= 4 is 39.7 Å². The van der Waals surface area contributed by atoms with Crippen molar-refractivity contribution in [3.05, 3.63) is 48.0 Å². The highest BCUT2D eigenvalue weighted by atomic mass is 32.2. The van der Waals surface area contributed by atoms with Gasteiger partial charge in [-0.1, -0.05) is 84.7 Å². The molecule has 14 nitrogen and oxygen atoms in total. The molecule has 1 fully saturated rings. The Bertz CT molecular complexity index is 1600. The quantitative estimate of drug-likeness (QED) is 0.131. The Hall–Kier alpha value is -3.82. The molecule has 0 radical (unpaired) electrons. The van der Waals surface area contributed by atoms with E-state index in [0.717, 1.165) is 21.9 Å². The lowest BCUT2D eigenvalue weighted by molar-refractivity contribution is -0.144. The fraction of sp³-hybridized carbons (Fsp3) is 0.667. The molecule has 1 unspecified atom stereocenters. The molecular weight excluding hydrogens is 711 g/mol. The first kappa shape index (κ1) is 44.6. The van der Waals surface area contributed by atoms with Gasteiger partial charge in [0, 0.05) is 46.8 Å². The molecule has 2 aliphatic rings. The molecule has 0 spiro atoms. The number of amides is 5. The number of hydrogen-bond acceptors (Lipinski definition) is 7. The Labute approximate surface area is 322 Å². The molecule has 1 aromatic carbocycles. The standard InChI is InChI=1S/C39H63N7O7S/c1-11-13-18-30(34(47)36(49)40-20-12-2)41-35(48)33-29(25(3)4)19-21-46(33)37(50)32(28-22-26-16-14-15-17-27(26)23-28)43-38(51)42-31(39(5,6)7)24-45(10)54(52,53)44(8)9/h12,14-17,25,28-33H,2,11,13,18-24H2,1,3-10H3,(H,40,49)(H,41,48)(H2,42,43,51)/t29-,30?,31-,32+,33+/m1/s1. The van der Waals surface area contributed by atoms with E-state index in [4.69, 9.17) is 0 Å². The Balaban J connectivity index is 1.95. The number of nitrogens with zero attached hydrogens (tertiary/aromatic N) is 3. The maximum atomic E-state index is 14.9. The van der Waals surface area contributed by atoms with Crippen LogP contribution in [0.3, 0.4) is 0 Å². The van der Waals surface area contributed by atoms with Crippen LogP contribution in [-0.4, -0.2) is 116 Å². The van der Waals surface area contributed by atoms with Crippen molar-refractivity contribution in [1.82, 2.24) is 34.8 Å². The predicted octanol–water partition coefficient (Wildman–Crippen LogP) is 2.64. The number of Topliss-reactive ketones (excluding diaryl/α,β-unsaturated/α-hetero) is 1. The van der Waals surface area contributed by atoms with Crippen molar-refractivity contribution < 1.29 is 32.4 Å². The Morgan fingerprint density at radius 1 is 1.00 bits per heavy atom. The van der Waals surface area contributed by atoms with Crippen LogP contribution >= 0.6 is 0 Å². The van der Waals surface area contributed by atoms with Crippen molar-refractivity contribution in [1.29, 1.82) is 0 Å². The van der Waals surface area contributed by atoms with Gasteiger partial charge in [-0.3, -0.25) is 19.2 Å². The third-order valence-corrected chi connectivity index (χ3v) is 12.6. The molecule has 5 atom stereocenters. The van der Waals surface area contributed by atoms with Gasteiger partial charge in [-0.2, -0.15) is 17.0 Å². The fourth-order valence-electron chi connectivity index (χ4n) is 7.34. The average molecular weight is 774 g/mol. The highest BCUT2D eigenvalue weighted by Crippen LogP contribution is 2.35. The van der Waals surface area contributed by atoms with Crippen LogP contribution in [-0.2, 0) is 42.2 Å². The number of likely N-dealkylation sites (N-methyl/N-ethyl adjacent to an activating group) is 1. The predicted molar refractivity (Wildman–Crippen MR) is 209 cm³/mol. The molecule has 5 amide bonds. The van der Waals surface area contributed by atoms with E-state index in [2.05, 4.69) is 27.8 Å². The summed E-state index contributed by atoms with van der Waals surface area (Å²) in [6.07, 6.45) is 4.68. The molecule has 4 N–H and O–H groups in total. The molecule has 0 bridgehead atoms. The lowest BCUT2D eigenvalue weighted by Gasteiger charge is -2.37. The zero-order chi connectivity index (χ0) is 40.5. The minimum atomic E-state index is -3.77. The largest absolute Gasteiger partial charge is 0.346 e. The summed E-state index contributed by atoms with van der Waals surface area (Å²) in [6, 6.07) is 3.60. The Morgan fingerprint density at radius 2 is 1.61 bits per heavy atom. The summed E-state index contributed by atoms with van der Waals surface area (Å²) in [4.78, 5) is 70.5. The lowest BCUT2D eigenvalue weighted by atomic mass is 9.86. The highest BCUT2D eigenvalue weighted by Gasteiger charge is 2.48. The van der Waals surface area contributed by atoms with Gasteiger partial charge >= 0.3 is 6.03 Å². The maximum absolute atomic E-state index is 14.9. The van der Waals surface area contributed by atoms with E-state index in [0.29, 0.717) is 25.7 Å². The van der Waals surface area contributed by atoms with Crippen molar-refractivity contribution in [3.63, 3.8) is 0 Å². The van der Waals surface area contributed by atoms with Crippen LogP contribution in [0.25, 0.3) is 0 Å². The molecule has 1 aliphatic carbocycles. The summed E-state index contributed by atoms with van der Waals surface area (Å²) in [6.45, 7) is 15.5. The van der Waals surface area contributed by atoms with Crippen LogP contribution in [0, 0.1) is 23.2 Å². The number of hydrogen-bond donors (Lipinski definition) is 4. The van der Waals surface area contributed by atoms with Crippen LogP contribution in [0.1, 0.15) is 78.4 Å². The number of likely N-dealkylation sites (tertiary alicyclic amines) is 1. The normalized spacial score (nSPS) is 19.3. The lowest BCUT2D eigenvalue weighted by Crippen LogP contribution is -2.61. The second-order valence-electron chi connectivity index (χ2n) is 16.3. The van der Waals surface area contributed by atoms with E-state index in [1.165, 1.54) is 36.4 Å². The third kappa shape index (κ3) is 11.1. The summed E-state index contributed by atoms with van der Waals surface area (Å²) < 4.78 is 28.0. The topological polar surface area (TPSA) is 177 Å². The monoisotopic (exact) mass is 773 g/mol. The number of unbranched alkanes of at least 4 members (excludes halogenated alkanes) is 1. The van der Waals surface area contributed by atoms with E-state index >= 15 is 0 Å². The second-order valence-corrected chi connectivity index (χ2v) is 18.5. The van der Waals surface area contributed by atoms with Crippen LogP contribution in [0.15, 0.2) is 36.9 Å². The van der Waals surface area contributed by atoms with E-state index in [1.807, 2.05) is 65.8 Å². The van der Waals surface area contributed by atoms with Gasteiger partial charge in [-0.15, -0.1) is 6.58 Å². The van der Waals surface area contributed by atoms with Crippen molar-refractivity contribution in [2.45, 2.75) is 104 Å². The summed E-state index contributed by atoms with van der Waals surface area (Å²) in [5, 5.41) is 11.3. The molecule has 54 heavy (non-hydrogen) atoms. The zero-order valence-corrected chi connectivity index (χ0v) is 34.4. The first-order valence-corrected chi connectivity index (χ1v) is 20.5. The molecule has 15 heteroatoms. The molecule has 0 aromatic heterocycles. The van der Waals surface area contributed by atoms with Crippen LogP contribution in [0.2, 0.25) is 0 Å². The molecule has 1 aliphatic heterocycles. The van der Waals surface area contributed by atoms with Gasteiger partial charge in [0.05, 0.1) is 6.04 Å². The summed E-state index contributed by atoms with van der Waals surface area (Å²) in [5.74, 6) is -3.04. The number of carbonyl (C=O) groups excluding carboxylic acids is 5. The maximum Gasteiger partial charge on any atom is 0.315 e. The Kier molecular flexibility index (Phi) is 15.8. The van der Waals surface area contributed by atoms with Crippen LogP contribution < -0.4 is 21.3 Å². The van der Waals surface area contributed by atoms with Crippen LogP contribution in [0.5, 0.6) is 0 Å². The van der Waals surface area contributed by atoms with Gasteiger partial charge in [0.15, 0.2) is 0 Å². The summed E-state index contributed by atoms with van der Waals surface area (Å²) >= 11 is 0. The molecule has 1 saturated heterocycles. The van der Waals surface area contributed by atoms with E-state index in [-0.39, 0.29) is 43.8 Å². The second kappa shape index (κ2) is 19.2. The smallest absolute Gasteiger partial charge is 0.315 e. The average Bonchev–Trinajstić information content (AvgIpc) is 3.75. The number of urea groups is 1. The van der Waals surface area contributed by atoms with Crippen molar-refractivity contribution in [2.24, 2.45) is 23.2 Å². The van der Waals surface area contributed by atoms with Crippen molar-refractivity contribution in [2.75, 3.05) is 40.8 Å².